The van der Waals surface area contributed by atoms with Gasteiger partial charge in [0, 0.05) is 12.7 Å². The van der Waals surface area contributed by atoms with E-state index in [1.165, 1.54) is 6.33 Å². The average molecular weight is 328 g/mol. The van der Waals surface area contributed by atoms with Crippen LogP contribution >= 0.6 is 11.6 Å². The van der Waals surface area contributed by atoms with Crippen molar-refractivity contribution in [2.45, 2.75) is 19.3 Å². The lowest BCUT2D eigenvalue weighted by molar-refractivity contribution is 0.0859. The van der Waals surface area contributed by atoms with Crippen LogP contribution in [0.25, 0.3) is 5.52 Å². The molecule has 8 heteroatoms. The van der Waals surface area contributed by atoms with Gasteiger partial charge >= 0.3 is 0 Å². The topological polar surface area (TPSA) is 71.8 Å². The zero-order valence-corrected chi connectivity index (χ0v) is 12.8. The van der Waals surface area contributed by atoms with Gasteiger partial charge in [0.05, 0.1) is 16.3 Å². The third-order valence-corrected chi connectivity index (χ3v) is 5.57. The Kier molecular flexibility index (Phi) is 3.62. The monoisotopic (exact) mass is 327 g/mol. The summed E-state index contributed by atoms with van der Waals surface area (Å²) in [6, 6.07) is 3.30. The molecule has 0 aliphatic carbocycles. The Morgan fingerprint density at radius 2 is 2.05 bits per heavy atom. The number of pyridine rings is 1. The third-order valence-electron chi connectivity index (χ3n) is 3.52. The van der Waals surface area contributed by atoms with E-state index in [4.69, 9.17) is 11.6 Å². The maximum Gasteiger partial charge on any atom is 0.288 e. The number of nitrogens with zero attached hydrogens (tertiary/aromatic N) is 3. The molecule has 0 aromatic carbocycles. The van der Waals surface area contributed by atoms with Crippen LogP contribution in [0.4, 0.5) is 0 Å². The molecule has 1 aliphatic rings. The van der Waals surface area contributed by atoms with Crippen LogP contribution in [0.5, 0.6) is 0 Å². The van der Waals surface area contributed by atoms with Crippen molar-refractivity contribution >= 4 is 33.0 Å². The molecule has 6 nitrogen and oxygen atoms in total. The van der Waals surface area contributed by atoms with E-state index >= 15 is 0 Å². The Morgan fingerprint density at radius 3 is 2.86 bits per heavy atom. The maximum absolute atomic E-state index is 12.6. The van der Waals surface area contributed by atoms with Crippen molar-refractivity contribution in [3.05, 3.63) is 35.4 Å². The van der Waals surface area contributed by atoms with Crippen LogP contribution < -0.4 is 0 Å². The first-order valence-corrected chi connectivity index (χ1v) is 8.65. The van der Waals surface area contributed by atoms with Crippen molar-refractivity contribution in [3.63, 3.8) is 0 Å². The molecule has 0 bridgehead atoms. The van der Waals surface area contributed by atoms with Gasteiger partial charge in [-0.25, -0.2) is 17.7 Å². The molecule has 1 saturated heterocycles. The van der Waals surface area contributed by atoms with E-state index in [1.54, 1.807) is 22.7 Å². The average Bonchev–Trinajstić information content (AvgIpc) is 2.75. The number of imidazole rings is 1. The summed E-state index contributed by atoms with van der Waals surface area (Å²) in [4.78, 5) is 16.6. The van der Waals surface area contributed by atoms with E-state index in [-0.39, 0.29) is 18.0 Å². The lowest BCUT2D eigenvalue weighted by Crippen LogP contribution is -2.38. The fourth-order valence-corrected chi connectivity index (χ4v) is 4.15. The first-order valence-electron chi connectivity index (χ1n) is 6.66. The first-order chi connectivity index (χ1) is 9.99. The number of fused-ring (bicyclic) bond motifs is 1. The van der Waals surface area contributed by atoms with Gasteiger partial charge in [-0.05, 0) is 25.0 Å². The smallest absolute Gasteiger partial charge is 0.288 e. The predicted octanol–water partition coefficient (Wildman–Crippen LogP) is 1.94. The number of carbonyl (C=O) groups is 1. The summed E-state index contributed by atoms with van der Waals surface area (Å²) in [5.74, 6) is -0.558. The summed E-state index contributed by atoms with van der Waals surface area (Å²) in [7, 11) is -3.55. The van der Waals surface area contributed by atoms with Gasteiger partial charge in [-0.15, -0.1) is 0 Å². The largest absolute Gasteiger partial charge is 0.304 e. The van der Waals surface area contributed by atoms with Crippen molar-refractivity contribution < 1.29 is 13.2 Å². The highest BCUT2D eigenvalue weighted by atomic mass is 35.5. The van der Waals surface area contributed by atoms with Gasteiger partial charge in [0.25, 0.3) is 5.91 Å². The number of halogens is 1. The van der Waals surface area contributed by atoms with Crippen molar-refractivity contribution in [3.8, 4) is 0 Å². The lowest BCUT2D eigenvalue weighted by atomic mass is 10.2. The number of hydrogen-bond donors (Lipinski definition) is 0. The maximum atomic E-state index is 12.6. The second-order valence-corrected chi connectivity index (χ2v) is 7.44. The molecule has 2 aromatic rings. The Balaban J connectivity index is 2.03. The van der Waals surface area contributed by atoms with Crippen LogP contribution in [-0.2, 0) is 10.0 Å². The zero-order valence-electron chi connectivity index (χ0n) is 11.2. The quantitative estimate of drug-likeness (QED) is 0.802. The van der Waals surface area contributed by atoms with Crippen LogP contribution in [0.1, 0.15) is 29.8 Å². The Bertz CT molecular complexity index is 800. The Labute approximate surface area is 127 Å². The zero-order chi connectivity index (χ0) is 15.0. The Hall–Kier alpha value is -1.60. The van der Waals surface area contributed by atoms with Crippen molar-refractivity contribution in [2.75, 3.05) is 12.3 Å². The molecule has 0 saturated carbocycles. The summed E-state index contributed by atoms with van der Waals surface area (Å²) in [5, 5.41) is 0.515. The minimum Gasteiger partial charge on any atom is -0.304 e. The van der Waals surface area contributed by atoms with E-state index in [0.717, 1.165) is 10.7 Å². The van der Waals surface area contributed by atoms with Gasteiger partial charge in [-0.2, -0.15) is 0 Å². The second-order valence-electron chi connectivity index (χ2n) is 4.99. The molecule has 0 unspecified atom stereocenters. The minimum atomic E-state index is -3.55. The molecule has 21 heavy (non-hydrogen) atoms. The molecule has 1 fully saturated rings. The second kappa shape index (κ2) is 5.31. The normalized spacial score (nSPS) is 18.6. The molecule has 2 aromatic heterocycles. The summed E-state index contributed by atoms with van der Waals surface area (Å²) < 4.78 is 26.9. The van der Waals surface area contributed by atoms with Crippen LogP contribution in [0.15, 0.2) is 24.7 Å². The van der Waals surface area contributed by atoms with Gasteiger partial charge < -0.3 is 4.40 Å². The lowest BCUT2D eigenvalue weighted by Gasteiger charge is -2.19. The van der Waals surface area contributed by atoms with E-state index < -0.39 is 15.9 Å². The number of sulfonamides is 1. The molecule has 1 aliphatic heterocycles. The third kappa shape index (κ3) is 2.63. The van der Waals surface area contributed by atoms with Crippen LogP contribution in [0.3, 0.4) is 0 Å². The summed E-state index contributed by atoms with van der Waals surface area (Å²) in [6.07, 6.45) is 5.16. The van der Waals surface area contributed by atoms with E-state index in [1.807, 2.05) is 0 Å². The predicted molar refractivity (Wildman–Crippen MR) is 78.9 cm³/mol. The van der Waals surface area contributed by atoms with Crippen molar-refractivity contribution in [2.24, 2.45) is 0 Å². The van der Waals surface area contributed by atoms with Gasteiger partial charge in [-0.3, -0.25) is 4.79 Å². The molecule has 0 spiro atoms. The molecular formula is C13H14ClN3O3S. The highest BCUT2D eigenvalue weighted by molar-refractivity contribution is 7.89. The molecule has 0 radical (unpaired) electrons. The van der Waals surface area contributed by atoms with Crippen molar-refractivity contribution in [1.29, 1.82) is 0 Å². The standard InChI is InChI=1S/C13H14ClN3O3S/c14-10-4-5-11-12(15-9-16(11)8-10)13(18)17-6-2-1-3-7-21(17,19)20/h4-5,8-9H,1-3,6-7H2. The SMILES string of the molecule is O=C(c1ncn2cc(Cl)ccc12)N1CCCCCS1(=O)=O. The summed E-state index contributed by atoms with van der Waals surface area (Å²) >= 11 is 5.88. The molecule has 1 amide bonds. The number of amides is 1. The van der Waals surface area contributed by atoms with Crippen LogP contribution in [0.2, 0.25) is 5.02 Å². The van der Waals surface area contributed by atoms with Gasteiger partial charge in [0.1, 0.15) is 6.33 Å². The van der Waals surface area contributed by atoms with E-state index in [9.17, 15) is 13.2 Å². The fraction of sp³-hybridized carbons (Fsp3) is 0.385. The van der Waals surface area contributed by atoms with E-state index in [2.05, 4.69) is 4.98 Å². The van der Waals surface area contributed by atoms with Crippen LogP contribution in [-0.4, -0.2) is 40.3 Å². The molecule has 112 valence electrons. The van der Waals surface area contributed by atoms with E-state index in [0.29, 0.717) is 23.4 Å². The van der Waals surface area contributed by atoms with Crippen molar-refractivity contribution in [1.82, 2.24) is 13.7 Å². The molecule has 0 N–H and O–H groups in total. The van der Waals surface area contributed by atoms with Gasteiger partial charge in [0.2, 0.25) is 10.0 Å². The number of aromatic nitrogens is 2. The Morgan fingerprint density at radius 1 is 1.24 bits per heavy atom. The number of hydrogen-bond acceptors (Lipinski definition) is 4. The fourth-order valence-electron chi connectivity index (χ4n) is 2.45. The molecule has 3 rings (SSSR count). The summed E-state index contributed by atoms with van der Waals surface area (Å²) in [6.45, 7) is 0.216. The minimum absolute atomic E-state index is 0.0103. The van der Waals surface area contributed by atoms with Gasteiger partial charge in [-0.1, -0.05) is 18.0 Å². The highest BCUT2D eigenvalue weighted by Crippen LogP contribution is 2.20. The summed E-state index contributed by atoms with van der Waals surface area (Å²) in [5.41, 5.74) is 0.681. The molecule has 3 heterocycles. The van der Waals surface area contributed by atoms with Crippen LogP contribution in [0, 0.1) is 0 Å². The number of carbonyl (C=O) groups excluding carboxylic acids is 1. The van der Waals surface area contributed by atoms with Gasteiger partial charge in [0.15, 0.2) is 5.69 Å². The highest BCUT2D eigenvalue weighted by Gasteiger charge is 2.31. The first kappa shape index (κ1) is 14.3. The number of rotatable bonds is 1. The molecule has 0 atom stereocenters. The molecular weight excluding hydrogens is 314 g/mol.